The van der Waals surface area contributed by atoms with Crippen LogP contribution >= 0.6 is 0 Å². The van der Waals surface area contributed by atoms with Gasteiger partial charge in [0.15, 0.2) is 17.5 Å². The Hall–Kier alpha value is -2.41. The number of rotatable bonds is 4. The van der Waals surface area contributed by atoms with Crippen molar-refractivity contribution in [2.75, 3.05) is 13.2 Å². The lowest BCUT2D eigenvalue weighted by Gasteiger charge is -2.11. The van der Waals surface area contributed by atoms with Gasteiger partial charge >= 0.3 is 0 Å². The molecular weight excluding hydrogens is 309 g/mol. The van der Waals surface area contributed by atoms with Crippen molar-refractivity contribution in [2.45, 2.75) is 12.3 Å². The molecule has 0 amide bonds. The van der Waals surface area contributed by atoms with Gasteiger partial charge < -0.3 is 15.3 Å². The largest absolute Gasteiger partial charge is 0.490 e. The van der Waals surface area contributed by atoms with E-state index < -0.39 is 23.4 Å². The fourth-order valence-corrected chi connectivity index (χ4v) is 2.58. The Balaban J connectivity index is 2.23. The molecule has 2 N–H and O–H groups in total. The molecule has 7 heteroatoms. The third kappa shape index (κ3) is 2.57. The molecule has 0 saturated carbocycles. The number of pyridine rings is 1. The van der Waals surface area contributed by atoms with E-state index in [4.69, 9.17) is 10.5 Å². The molecule has 2 aromatic rings. The highest BCUT2D eigenvalue weighted by Crippen LogP contribution is 2.41. The number of hydrogen-bond donors (Lipinski definition) is 1. The van der Waals surface area contributed by atoms with Crippen LogP contribution in [0.4, 0.5) is 13.2 Å². The van der Waals surface area contributed by atoms with E-state index in [-0.39, 0.29) is 23.6 Å². The SMILES string of the molecule is NCCc1cc2c(c(-c3ccc(F)c(F)c3F)n1)OCC2C=O. The lowest BCUT2D eigenvalue weighted by molar-refractivity contribution is -0.109. The first kappa shape index (κ1) is 15.5. The maximum atomic E-state index is 14.1. The van der Waals surface area contributed by atoms with Gasteiger partial charge in [0.05, 0.1) is 5.92 Å². The van der Waals surface area contributed by atoms with Gasteiger partial charge in [0.2, 0.25) is 0 Å². The molecule has 4 nitrogen and oxygen atoms in total. The maximum absolute atomic E-state index is 14.1. The summed E-state index contributed by atoms with van der Waals surface area (Å²) in [5.74, 6) is -4.49. The minimum Gasteiger partial charge on any atom is -0.490 e. The first-order chi connectivity index (χ1) is 11.1. The third-order valence-electron chi connectivity index (χ3n) is 3.72. The van der Waals surface area contributed by atoms with Crippen LogP contribution in [0.2, 0.25) is 0 Å². The minimum absolute atomic E-state index is 0.0479. The van der Waals surface area contributed by atoms with Crippen LogP contribution < -0.4 is 10.5 Å². The van der Waals surface area contributed by atoms with Gasteiger partial charge in [-0.05, 0) is 24.7 Å². The number of nitrogens with two attached hydrogens (primary N) is 1. The molecule has 23 heavy (non-hydrogen) atoms. The van der Waals surface area contributed by atoms with Crippen molar-refractivity contribution < 1.29 is 22.7 Å². The number of hydrogen-bond acceptors (Lipinski definition) is 4. The smallest absolute Gasteiger partial charge is 0.195 e. The van der Waals surface area contributed by atoms with Gasteiger partial charge in [-0.1, -0.05) is 0 Å². The Bertz CT molecular complexity index is 780. The fourth-order valence-electron chi connectivity index (χ4n) is 2.58. The van der Waals surface area contributed by atoms with E-state index in [2.05, 4.69) is 4.98 Å². The number of benzene rings is 1. The van der Waals surface area contributed by atoms with Gasteiger partial charge in [0.25, 0.3) is 0 Å². The Kier molecular flexibility index (Phi) is 4.04. The molecule has 1 aliphatic rings. The summed E-state index contributed by atoms with van der Waals surface area (Å²) >= 11 is 0. The van der Waals surface area contributed by atoms with Gasteiger partial charge in [-0.25, -0.2) is 18.2 Å². The Morgan fingerprint density at radius 2 is 2.09 bits per heavy atom. The molecule has 0 saturated heterocycles. The monoisotopic (exact) mass is 322 g/mol. The van der Waals surface area contributed by atoms with Crippen LogP contribution in [0.25, 0.3) is 11.3 Å². The van der Waals surface area contributed by atoms with Gasteiger partial charge in [-0.3, -0.25) is 0 Å². The summed E-state index contributed by atoms with van der Waals surface area (Å²) in [5, 5.41) is 0. The van der Waals surface area contributed by atoms with Crippen LogP contribution in [-0.4, -0.2) is 24.4 Å². The van der Waals surface area contributed by atoms with Gasteiger partial charge in [0.1, 0.15) is 24.3 Å². The van der Waals surface area contributed by atoms with Crippen molar-refractivity contribution in [3.8, 4) is 17.0 Å². The van der Waals surface area contributed by atoms with Crippen molar-refractivity contribution in [1.29, 1.82) is 0 Å². The summed E-state index contributed by atoms with van der Waals surface area (Å²) < 4.78 is 46.2. The van der Waals surface area contributed by atoms with Crippen molar-refractivity contribution >= 4 is 6.29 Å². The van der Waals surface area contributed by atoms with Crippen molar-refractivity contribution in [3.63, 3.8) is 0 Å². The molecule has 0 radical (unpaired) electrons. The van der Waals surface area contributed by atoms with Gasteiger partial charge in [0, 0.05) is 23.2 Å². The molecule has 1 unspecified atom stereocenters. The van der Waals surface area contributed by atoms with E-state index in [1.165, 1.54) is 0 Å². The summed E-state index contributed by atoms with van der Waals surface area (Å²) in [5.41, 5.74) is 6.43. The average molecular weight is 322 g/mol. The number of fused-ring (bicyclic) bond motifs is 1. The maximum Gasteiger partial charge on any atom is 0.195 e. The molecule has 1 atom stereocenters. The Morgan fingerprint density at radius 1 is 1.30 bits per heavy atom. The molecule has 1 aliphatic heterocycles. The number of halogens is 3. The van der Waals surface area contributed by atoms with Crippen LogP contribution in [0.3, 0.4) is 0 Å². The lowest BCUT2D eigenvalue weighted by atomic mass is 9.98. The minimum atomic E-state index is -1.58. The van der Waals surface area contributed by atoms with Crippen LogP contribution in [0.15, 0.2) is 18.2 Å². The molecule has 120 valence electrons. The van der Waals surface area contributed by atoms with Crippen LogP contribution in [0.5, 0.6) is 5.75 Å². The number of aromatic nitrogens is 1. The van der Waals surface area contributed by atoms with E-state index in [0.29, 0.717) is 24.2 Å². The number of aldehydes is 1. The molecule has 2 heterocycles. The Morgan fingerprint density at radius 3 is 2.78 bits per heavy atom. The molecular formula is C16H13F3N2O2. The van der Waals surface area contributed by atoms with E-state index in [1.807, 2.05) is 0 Å². The average Bonchev–Trinajstić information content (AvgIpc) is 2.96. The van der Waals surface area contributed by atoms with E-state index in [0.717, 1.165) is 18.4 Å². The number of carbonyl (C=O) groups excluding carboxylic acids is 1. The molecule has 0 spiro atoms. The number of nitrogens with zero attached hydrogens (tertiary/aromatic N) is 1. The first-order valence-electron chi connectivity index (χ1n) is 7.02. The van der Waals surface area contributed by atoms with Crippen LogP contribution in [0.1, 0.15) is 17.2 Å². The standard InChI is InChI=1S/C16H13F3N2O2/c17-12-2-1-10(13(18)14(12)19)15-16-11(8(6-22)7-23-16)5-9(21-15)3-4-20/h1-2,5-6,8H,3-4,7,20H2. The highest BCUT2D eigenvalue weighted by molar-refractivity contribution is 5.75. The van der Waals surface area contributed by atoms with Crippen LogP contribution in [0, 0.1) is 17.5 Å². The first-order valence-corrected chi connectivity index (χ1v) is 7.02. The second-order valence-corrected chi connectivity index (χ2v) is 5.20. The molecule has 1 aromatic carbocycles. The summed E-state index contributed by atoms with van der Waals surface area (Å²) in [6.45, 7) is 0.406. The van der Waals surface area contributed by atoms with Crippen LogP contribution in [-0.2, 0) is 11.2 Å². The highest BCUT2D eigenvalue weighted by Gasteiger charge is 2.30. The zero-order valence-corrected chi connectivity index (χ0v) is 12.0. The van der Waals surface area contributed by atoms with Crippen molar-refractivity contribution in [2.24, 2.45) is 5.73 Å². The predicted octanol–water partition coefficient (Wildman–Crippen LogP) is 2.34. The Labute approximate surface area is 130 Å². The molecule has 3 rings (SSSR count). The van der Waals surface area contributed by atoms with Gasteiger partial charge in [-0.15, -0.1) is 0 Å². The number of ether oxygens (including phenoxy) is 1. The van der Waals surface area contributed by atoms with E-state index >= 15 is 0 Å². The second-order valence-electron chi connectivity index (χ2n) is 5.20. The molecule has 0 bridgehead atoms. The normalized spacial score (nSPS) is 16.1. The molecule has 0 aliphatic carbocycles. The zero-order valence-electron chi connectivity index (χ0n) is 12.0. The fraction of sp³-hybridized carbons (Fsp3) is 0.250. The molecule has 0 fully saturated rings. The quantitative estimate of drug-likeness (QED) is 0.693. The summed E-state index contributed by atoms with van der Waals surface area (Å²) in [4.78, 5) is 15.4. The summed E-state index contributed by atoms with van der Waals surface area (Å²) in [6.07, 6.45) is 1.13. The van der Waals surface area contributed by atoms with E-state index in [9.17, 15) is 18.0 Å². The van der Waals surface area contributed by atoms with Crippen molar-refractivity contribution in [1.82, 2.24) is 4.98 Å². The van der Waals surface area contributed by atoms with Gasteiger partial charge in [-0.2, -0.15) is 0 Å². The predicted molar refractivity (Wildman–Crippen MR) is 76.6 cm³/mol. The lowest BCUT2D eigenvalue weighted by Crippen LogP contribution is -2.07. The molecule has 1 aromatic heterocycles. The van der Waals surface area contributed by atoms with E-state index in [1.54, 1.807) is 6.07 Å². The zero-order chi connectivity index (χ0) is 16.6. The number of carbonyl (C=O) groups is 1. The summed E-state index contributed by atoms with van der Waals surface area (Å²) in [7, 11) is 0. The highest BCUT2D eigenvalue weighted by atomic mass is 19.2. The second kappa shape index (κ2) is 6.00. The van der Waals surface area contributed by atoms with Crippen molar-refractivity contribution in [3.05, 3.63) is 46.9 Å². The topological polar surface area (TPSA) is 65.2 Å². The summed E-state index contributed by atoms with van der Waals surface area (Å²) in [6, 6.07) is 3.60. The third-order valence-corrected chi connectivity index (χ3v) is 3.72.